The number of carboxylic acid groups (broad SMARTS) is 1. The van der Waals surface area contributed by atoms with Gasteiger partial charge in [-0.25, -0.2) is 14.6 Å². The smallest absolute Gasteiger partial charge is 0.335 e. The molecule has 1 N–H and O–H groups in total. The van der Waals surface area contributed by atoms with E-state index in [0.717, 1.165) is 31.2 Å². The van der Waals surface area contributed by atoms with Gasteiger partial charge in [0, 0.05) is 18.3 Å². The molecular weight excluding hydrogens is 388 g/mol. The Morgan fingerprint density at radius 1 is 1.13 bits per heavy atom. The predicted molar refractivity (Wildman–Crippen MR) is 105 cm³/mol. The second kappa shape index (κ2) is 7.28. The zero-order chi connectivity index (χ0) is 21.1. The fourth-order valence-electron chi connectivity index (χ4n) is 5.98. The van der Waals surface area contributed by atoms with Crippen LogP contribution < -0.4 is 0 Å². The summed E-state index contributed by atoms with van der Waals surface area (Å²) in [6.07, 6.45) is 3.01. The Morgan fingerprint density at radius 2 is 1.90 bits per heavy atom. The van der Waals surface area contributed by atoms with Crippen LogP contribution in [0.4, 0.5) is 0 Å². The molecule has 4 aliphatic heterocycles. The maximum Gasteiger partial charge on any atom is 0.335 e. The standard InChI is InChI=1S/C23H30O7/c1-13-4-9-18-14(2)20(26-12-15-5-7-16(8-6-15)19(24)25)27-21-23(18)17(13)10-11-22(3,28-21)29-30-23/h5-8,13-14,17-18,20-21H,4,9-12H2,1-3H3,(H,24,25)/t13-,14-,17?,18?,20+,21-,22+,23-/m1/s1. The molecule has 1 spiro atoms. The fourth-order valence-corrected chi connectivity index (χ4v) is 5.98. The van der Waals surface area contributed by atoms with Crippen LogP contribution in [0.2, 0.25) is 0 Å². The lowest BCUT2D eigenvalue weighted by molar-refractivity contribution is -0.577. The van der Waals surface area contributed by atoms with Gasteiger partial charge in [-0.1, -0.05) is 26.0 Å². The highest BCUT2D eigenvalue weighted by molar-refractivity contribution is 5.87. The number of hydrogen-bond donors (Lipinski definition) is 1. The fraction of sp³-hybridized carbons (Fsp3) is 0.696. The van der Waals surface area contributed by atoms with Crippen molar-refractivity contribution >= 4 is 5.97 Å². The Kier molecular flexibility index (Phi) is 4.95. The Hall–Kier alpha value is -1.51. The molecule has 1 aliphatic carbocycles. The van der Waals surface area contributed by atoms with Crippen LogP contribution in [-0.2, 0) is 30.6 Å². The van der Waals surface area contributed by atoms with Crippen molar-refractivity contribution in [3.8, 4) is 0 Å². The molecule has 7 nitrogen and oxygen atoms in total. The molecule has 6 rings (SSSR count). The van der Waals surface area contributed by atoms with Gasteiger partial charge in [0.1, 0.15) is 0 Å². The van der Waals surface area contributed by atoms with E-state index in [2.05, 4.69) is 13.8 Å². The molecule has 0 aromatic heterocycles. The van der Waals surface area contributed by atoms with Gasteiger partial charge >= 0.3 is 5.97 Å². The van der Waals surface area contributed by atoms with Crippen LogP contribution in [0, 0.1) is 23.7 Å². The Labute approximate surface area is 176 Å². The number of hydrogen-bond acceptors (Lipinski definition) is 6. The monoisotopic (exact) mass is 418 g/mol. The number of rotatable bonds is 4. The third-order valence-corrected chi connectivity index (χ3v) is 7.71. The SMILES string of the molecule is C[C@@H]1CCC2[C@@H](C)[C@@H](OCc3ccc(C(=O)O)cc3)O[C@@H]3O[C@]4(C)CCC1[C@@]23OO4. The first-order valence-electron chi connectivity index (χ1n) is 11.0. The summed E-state index contributed by atoms with van der Waals surface area (Å²) >= 11 is 0. The van der Waals surface area contributed by atoms with Crippen molar-refractivity contribution in [3.63, 3.8) is 0 Å². The molecule has 2 bridgehead atoms. The van der Waals surface area contributed by atoms with Crippen LogP contribution in [-0.4, -0.2) is 35.0 Å². The molecule has 1 aromatic rings. The number of aromatic carboxylic acids is 1. The largest absolute Gasteiger partial charge is 0.478 e. The van der Waals surface area contributed by atoms with Crippen molar-refractivity contribution in [3.05, 3.63) is 35.4 Å². The summed E-state index contributed by atoms with van der Waals surface area (Å²) < 4.78 is 18.9. The number of carbonyl (C=O) groups is 1. The van der Waals surface area contributed by atoms with E-state index < -0.39 is 29.9 Å². The van der Waals surface area contributed by atoms with Gasteiger partial charge in [-0.05, 0) is 55.7 Å². The van der Waals surface area contributed by atoms with E-state index >= 15 is 0 Å². The second-order valence-electron chi connectivity index (χ2n) is 9.59. The first kappa shape index (κ1) is 20.4. The molecule has 4 saturated heterocycles. The first-order valence-corrected chi connectivity index (χ1v) is 11.0. The normalized spacial score (nSPS) is 44.9. The van der Waals surface area contributed by atoms with Crippen LogP contribution in [0.3, 0.4) is 0 Å². The molecule has 5 aliphatic rings. The van der Waals surface area contributed by atoms with Gasteiger partial charge in [0.25, 0.3) is 0 Å². The summed E-state index contributed by atoms with van der Waals surface area (Å²) in [5.74, 6) is -0.539. The summed E-state index contributed by atoms with van der Waals surface area (Å²) in [5.41, 5.74) is 0.579. The zero-order valence-electron chi connectivity index (χ0n) is 17.7. The number of ether oxygens (including phenoxy) is 3. The number of benzene rings is 1. The maximum atomic E-state index is 11.0. The molecule has 164 valence electrons. The van der Waals surface area contributed by atoms with Crippen molar-refractivity contribution < 1.29 is 33.9 Å². The van der Waals surface area contributed by atoms with Gasteiger partial charge in [-0.2, -0.15) is 0 Å². The molecule has 30 heavy (non-hydrogen) atoms. The quantitative estimate of drug-likeness (QED) is 0.737. The summed E-state index contributed by atoms with van der Waals surface area (Å²) in [5, 5.41) is 9.06. The van der Waals surface area contributed by atoms with Crippen molar-refractivity contribution in [1.82, 2.24) is 0 Å². The molecule has 7 heteroatoms. The lowest BCUT2D eigenvalue weighted by Crippen LogP contribution is -2.70. The molecule has 2 unspecified atom stereocenters. The molecule has 0 radical (unpaired) electrons. The lowest BCUT2D eigenvalue weighted by atomic mass is 9.58. The van der Waals surface area contributed by atoms with E-state index in [4.69, 9.17) is 29.1 Å². The zero-order valence-corrected chi connectivity index (χ0v) is 17.7. The minimum atomic E-state index is -0.936. The van der Waals surface area contributed by atoms with Crippen LogP contribution in [0.5, 0.6) is 0 Å². The van der Waals surface area contributed by atoms with Crippen LogP contribution >= 0.6 is 0 Å². The summed E-state index contributed by atoms with van der Waals surface area (Å²) in [7, 11) is 0. The third kappa shape index (κ3) is 3.10. The van der Waals surface area contributed by atoms with E-state index in [1.165, 1.54) is 0 Å². The maximum absolute atomic E-state index is 11.0. The van der Waals surface area contributed by atoms with E-state index in [-0.39, 0.29) is 17.4 Å². The van der Waals surface area contributed by atoms with Gasteiger partial charge < -0.3 is 19.3 Å². The lowest BCUT2D eigenvalue weighted by Gasteiger charge is -2.60. The molecule has 8 atom stereocenters. The Bertz CT molecular complexity index is 810. The molecular formula is C23H30O7. The van der Waals surface area contributed by atoms with E-state index in [0.29, 0.717) is 18.4 Å². The minimum Gasteiger partial charge on any atom is -0.478 e. The molecule has 0 amide bonds. The van der Waals surface area contributed by atoms with Gasteiger partial charge in [0.15, 0.2) is 18.2 Å². The highest BCUT2D eigenvalue weighted by Crippen LogP contribution is 2.60. The van der Waals surface area contributed by atoms with Crippen molar-refractivity contribution in [2.75, 3.05) is 0 Å². The molecule has 1 saturated carbocycles. The average molecular weight is 418 g/mol. The number of fused-ring (bicyclic) bond motifs is 2. The number of carboxylic acids is 1. The van der Waals surface area contributed by atoms with Crippen molar-refractivity contribution in [2.24, 2.45) is 23.7 Å². The third-order valence-electron chi connectivity index (χ3n) is 7.71. The minimum absolute atomic E-state index is 0.115. The van der Waals surface area contributed by atoms with Gasteiger partial charge in [0.05, 0.1) is 12.2 Å². The van der Waals surface area contributed by atoms with Gasteiger partial charge in [-0.15, -0.1) is 0 Å². The first-order chi connectivity index (χ1) is 14.3. The highest BCUT2D eigenvalue weighted by Gasteiger charge is 2.69. The van der Waals surface area contributed by atoms with Crippen molar-refractivity contribution in [2.45, 2.75) is 77.0 Å². The van der Waals surface area contributed by atoms with Crippen LogP contribution in [0.1, 0.15) is 62.4 Å². The van der Waals surface area contributed by atoms with E-state index in [9.17, 15) is 4.79 Å². The van der Waals surface area contributed by atoms with E-state index in [1.54, 1.807) is 24.3 Å². The summed E-state index contributed by atoms with van der Waals surface area (Å²) in [6, 6.07) is 6.74. The van der Waals surface area contributed by atoms with Gasteiger partial charge in [0.2, 0.25) is 5.79 Å². The molecule has 1 aromatic carbocycles. The van der Waals surface area contributed by atoms with E-state index in [1.807, 2.05) is 6.92 Å². The molecule has 5 fully saturated rings. The van der Waals surface area contributed by atoms with Crippen molar-refractivity contribution in [1.29, 1.82) is 0 Å². The summed E-state index contributed by atoms with van der Waals surface area (Å²) in [4.78, 5) is 23.0. The molecule has 4 heterocycles. The Morgan fingerprint density at radius 3 is 2.63 bits per heavy atom. The Balaban J connectivity index is 1.37. The predicted octanol–water partition coefficient (Wildman–Crippen LogP) is 4.11. The summed E-state index contributed by atoms with van der Waals surface area (Å²) in [6.45, 7) is 6.71. The second-order valence-corrected chi connectivity index (χ2v) is 9.59. The topological polar surface area (TPSA) is 83.5 Å². The van der Waals surface area contributed by atoms with Crippen LogP contribution in [0.25, 0.3) is 0 Å². The van der Waals surface area contributed by atoms with Gasteiger partial charge in [-0.3, -0.25) is 0 Å². The van der Waals surface area contributed by atoms with Crippen LogP contribution in [0.15, 0.2) is 24.3 Å². The highest BCUT2D eigenvalue weighted by atomic mass is 17.3. The average Bonchev–Trinajstić information content (AvgIpc) is 2.96.